The average molecular weight is 379 g/mol. The van der Waals surface area contributed by atoms with Gasteiger partial charge >= 0.3 is 0 Å². The van der Waals surface area contributed by atoms with Gasteiger partial charge in [-0.1, -0.05) is 6.07 Å². The molecular weight excluding hydrogens is 354 g/mol. The zero-order chi connectivity index (χ0) is 19.3. The zero-order valence-corrected chi connectivity index (χ0v) is 16.0. The lowest BCUT2D eigenvalue weighted by Crippen LogP contribution is -2.49. The third-order valence-corrected chi connectivity index (χ3v) is 5.41. The summed E-state index contributed by atoms with van der Waals surface area (Å²) in [6.45, 7) is 4.30. The molecule has 7 nitrogen and oxygen atoms in total. The van der Waals surface area contributed by atoms with Crippen LogP contribution in [0.25, 0.3) is 0 Å². The van der Waals surface area contributed by atoms with Gasteiger partial charge in [-0.25, -0.2) is 4.98 Å². The second-order valence-corrected chi connectivity index (χ2v) is 7.25. The summed E-state index contributed by atoms with van der Waals surface area (Å²) in [5.41, 5.74) is 0.890. The lowest BCUT2D eigenvalue weighted by Gasteiger charge is -2.35. The van der Waals surface area contributed by atoms with Gasteiger partial charge in [-0.2, -0.15) is 0 Å². The molecule has 2 aliphatic heterocycles. The first kappa shape index (κ1) is 18.4. The Hall–Kier alpha value is -2.96. The quantitative estimate of drug-likeness (QED) is 0.817. The predicted octanol–water partition coefficient (Wildman–Crippen LogP) is 2.07. The average Bonchev–Trinajstić information content (AvgIpc) is 2.79. The van der Waals surface area contributed by atoms with E-state index in [0.29, 0.717) is 24.3 Å². The Morgan fingerprint density at radius 3 is 2.21 bits per heavy atom. The molecule has 0 saturated carbocycles. The minimum absolute atomic E-state index is 0.0456. The zero-order valence-electron chi connectivity index (χ0n) is 16.0. The van der Waals surface area contributed by atoms with Crippen molar-refractivity contribution in [3.05, 3.63) is 54.0 Å². The van der Waals surface area contributed by atoms with E-state index in [9.17, 15) is 9.59 Å². The molecule has 0 atom stereocenters. The van der Waals surface area contributed by atoms with E-state index >= 15 is 0 Å². The highest BCUT2D eigenvalue weighted by Gasteiger charge is 2.25. The van der Waals surface area contributed by atoms with Gasteiger partial charge in [0.25, 0.3) is 11.8 Å². The van der Waals surface area contributed by atoms with Gasteiger partial charge in [0.05, 0.1) is 0 Å². The summed E-state index contributed by atoms with van der Waals surface area (Å²) in [5.74, 6) is 0.818. The first-order valence-corrected chi connectivity index (χ1v) is 9.93. The SMILES string of the molecule is O=C(c1ccnc(C(=O)N2CCCCC2)c1)N1CCN(c2ccccn2)CC1. The number of pyridine rings is 2. The number of aromatic nitrogens is 2. The van der Waals surface area contributed by atoms with Crippen LogP contribution in [0, 0.1) is 0 Å². The normalized spacial score (nSPS) is 17.5. The highest BCUT2D eigenvalue weighted by molar-refractivity contribution is 5.98. The molecule has 0 spiro atoms. The summed E-state index contributed by atoms with van der Waals surface area (Å²) in [6.07, 6.45) is 6.58. The molecule has 4 heterocycles. The highest BCUT2D eigenvalue weighted by atomic mass is 16.2. The van der Waals surface area contributed by atoms with Gasteiger partial charge in [0.2, 0.25) is 0 Å². The fraction of sp³-hybridized carbons (Fsp3) is 0.429. The molecule has 2 amide bonds. The summed E-state index contributed by atoms with van der Waals surface area (Å²) in [7, 11) is 0. The van der Waals surface area contributed by atoms with Crippen molar-refractivity contribution >= 4 is 17.6 Å². The predicted molar refractivity (Wildman–Crippen MR) is 106 cm³/mol. The molecule has 2 aromatic heterocycles. The molecule has 0 unspecified atom stereocenters. The molecule has 0 radical (unpaired) electrons. The first-order chi connectivity index (χ1) is 13.7. The van der Waals surface area contributed by atoms with Crippen LogP contribution in [0.3, 0.4) is 0 Å². The number of carbonyl (C=O) groups excluding carboxylic acids is 2. The second kappa shape index (κ2) is 8.37. The van der Waals surface area contributed by atoms with Crippen LogP contribution < -0.4 is 4.90 Å². The molecule has 2 aliphatic rings. The molecular formula is C21H25N5O2. The molecule has 2 fully saturated rings. The molecule has 2 saturated heterocycles. The Kier molecular flexibility index (Phi) is 5.50. The van der Waals surface area contributed by atoms with Crippen LogP contribution in [0.4, 0.5) is 5.82 Å². The van der Waals surface area contributed by atoms with Crippen LogP contribution in [0.1, 0.15) is 40.1 Å². The molecule has 7 heteroatoms. The molecule has 0 aromatic carbocycles. The van der Waals surface area contributed by atoms with Crippen LogP contribution in [0.5, 0.6) is 0 Å². The molecule has 0 N–H and O–H groups in total. The van der Waals surface area contributed by atoms with Crippen molar-refractivity contribution in [2.45, 2.75) is 19.3 Å². The second-order valence-electron chi connectivity index (χ2n) is 7.25. The largest absolute Gasteiger partial charge is 0.353 e. The van der Waals surface area contributed by atoms with E-state index in [2.05, 4.69) is 14.9 Å². The van der Waals surface area contributed by atoms with E-state index in [1.807, 2.05) is 28.0 Å². The number of anilines is 1. The van der Waals surface area contributed by atoms with E-state index in [0.717, 1.165) is 44.8 Å². The number of nitrogens with zero attached hydrogens (tertiary/aromatic N) is 5. The third-order valence-electron chi connectivity index (χ3n) is 5.41. The molecule has 0 aliphatic carbocycles. The molecule has 2 aromatic rings. The summed E-state index contributed by atoms with van der Waals surface area (Å²) in [6, 6.07) is 9.19. The number of carbonyl (C=O) groups is 2. The van der Waals surface area contributed by atoms with Crippen LogP contribution >= 0.6 is 0 Å². The minimum Gasteiger partial charge on any atom is -0.353 e. The standard InChI is InChI=1S/C21H25N5O2/c27-20(26-14-12-24(13-15-26)19-6-2-3-8-23-19)17-7-9-22-18(16-17)21(28)25-10-4-1-5-11-25/h2-3,6-9,16H,1,4-5,10-15H2. The van der Waals surface area contributed by atoms with Crippen LogP contribution in [0.15, 0.2) is 42.7 Å². The molecule has 4 rings (SSSR count). The van der Waals surface area contributed by atoms with Crippen molar-refractivity contribution in [3.8, 4) is 0 Å². The van der Waals surface area contributed by atoms with Gasteiger partial charge in [-0.3, -0.25) is 14.6 Å². The van der Waals surface area contributed by atoms with Gasteiger partial charge in [-0.15, -0.1) is 0 Å². The number of piperazine rings is 1. The number of hydrogen-bond acceptors (Lipinski definition) is 5. The summed E-state index contributed by atoms with van der Waals surface area (Å²) < 4.78 is 0. The third kappa shape index (κ3) is 3.98. The van der Waals surface area contributed by atoms with Gasteiger partial charge in [0, 0.05) is 57.2 Å². The highest BCUT2D eigenvalue weighted by Crippen LogP contribution is 2.16. The Morgan fingerprint density at radius 2 is 1.50 bits per heavy atom. The maximum atomic E-state index is 12.9. The van der Waals surface area contributed by atoms with Gasteiger partial charge < -0.3 is 14.7 Å². The van der Waals surface area contributed by atoms with Gasteiger partial charge in [0.1, 0.15) is 11.5 Å². The van der Waals surface area contributed by atoms with E-state index in [4.69, 9.17) is 0 Å². The number of piperidine rings is 1. The van der Waals surface area contributed by atoms with Crippen molar-refractivity contribution in [2.24, 2.45) is 0 Å². The smallest absolute Gasteiger partial charge is 0.272 e. The van der Waals surface area contributed by atoms with E-state index in [1.165, 1.54) is 6.42 Å². The van der Waals surface area contributed by atoms with Crippen molar-refractivity contribution in [3.63, 3.8) is 0 Å². The fourth-order valence-electron chi connectivity index (χ4n) is 3.80. The number of hydrogen-bond donors (Lipinski definition) is 0. The summed E-state index contributed by atoms with van der Waals surface area (Å²) in [4.78, 5) is 40.1. The fourth-order valence-corrected chi connectivity index (χ4v) is 3.80. The lowest BCUT2D eigenvalue weighted by atomic mass is 10.1. The van der Waals surface area contributed by atoms with Crippen molar-refractivity contribution in [2.75, 3.05) is 44.2 Å². The Balaban J connectivity index is 1.40. The lowest BCUT2D eigenvalue weighted by molar-refractivity contribution is 0.0718. The Bertz CT molecular complexity index is 828. The van der Waals surface area contributed by atoms with E-state index < -0.39 is 0 Å². The Morgan fingerprint density at radius 1 is 0.750 bits per heavy atom. The molecule has 0 bridgehead atoms. The number of rotatable bonds is 3. The topological polar surface area (TPSA) is 69.6 Å². The van der Waals surface area contributed by atoms with Crippen molar-refractivity contribution in [1.29, 1.82) is 0 Å². The first-order valence-electron chi connectivity index (χ1n) is 9.93. The number of likely N-dealkylation sites (tertiary alicyclic amines) is 1. The van der Waals surface area contributed by atoms with E-state index in [1.54, 1.807) is 24.5 Å². The monoisotopic (exact) mass is 379 g/mol. The van der Waals surface area contributed by atoms with Crippen molar-refractivity contribution < 1.29 is 9.59 Å². The maximum absolute atomic E-state index is 12.9. The van der Waals surface area contributed by atoms with Crippen LogP contribution in [-0.2, 0) is 0 Å². The van der Waals surface area contributed by atoms with E-state index in [-0.39, 0.29) is 11.8 Å². The minimum atomic E-state index is -0.0747. The van der Waals surface area contributed by atoms with Gasteiger partial charge in [0.15, 0.2) is 0 Å². The molecule has 28 heavy (non-hydrogen) atoms. The Labute approximate surface area is 165 Å². The summed E-state index contributed by atoms with van der Waals surface area (Å²) in [5, 5.41) is 0. The summed E-state index contributed by atoms with van der Waals surface area (Å²) >= 11 is 0. The van der Waals surface area contributed by atoms with Crippen LogP contribution in [0.2, 0.25) is 0 Å². The molecule has 146 valence electrons. The van der Waals surface area contributed by atoms with Crippen LogP contribution in [-0.4, -0.2) is 70.9 Å². The number of amides is 2. The van der Waals surface area contributed by atoms with Gasteiger partial charge in [-0.05, 0) is 43.5 Å². The maximum Gasteiger partial charge on any atom is 0.272 e. The van der Waals surface area contributed by atoms with Crippen molar-refractivity contribution in [1.82, 2.24) is 19.8 Å².